The SMILES string of the molecule is C#CN1C=Nc2[nH]ccc2C1. The molecule has 0 aliphatic carbocycles. The Morgan fingerprint density at radius 2 is 2.64 bits per heavy atom. The van der Waals surface area contributed by atoms with Gasteiger partial charge in [0.2, 0.25) is 0 Å². The first kappa shape index (κ1) is 6.05. The molecule has 0 bridgehead atoms. The smallest absolute Gasteiger partial charge is 0.136 e. The summed E-state index contributed by atoms with van der Waals surface area (Å²) >= 11 is 0. The van der Waals surface area contributed by atoms with E-state index in [0.29, 0.717) is 0 Å². The molecule has 0 spiro atoms. The van der Waals surface area contributed by atoms with Crippen LogP contribution in [0.15, 0.2) is 17.3 Å². The molecule has 0 amide bonds. The zero-order valence-electron chi connectivity index (χ0n) is 5.91. The summed E-state index contributed by atoms with van der Waals surface area (Å²) < 4.78 is 0. The van der Waals surface area contributed by atoms with E-state index in [0.717, 1.165) is 17.9 Å². The van der Waals surface area contributed by atoms with Crippen molar-refractivity contribution in [3.8, 4) is 12.5 Å². The van der Waals surface area contributed by atoms with Gasteiger partial charge in [0.15, 0.2) is 0 Å². The second kappa shape index (κ2) is 2.17. The summed E-state index contributed by atoms with van der Waals surface area (Å²) in [4.78, 5) is 8.82. The van der Waals surface area contributed by atoms with Crippen LogP contribution in [0.2, 0.25) is 0 Å². The van der Waals surface area contributed by atoms with Gasteiger partial charge in [-0.1, -0.05) is 6.42 Å². The lowest BCUT2D eigenvalue weighted by molar-refractivity contribution is 0.590. The highest BCUT2D eigenvalue weighted by Crippen LogP contribution is 2.20. The fraction of sp³-hybridized carbons (Fsp3) is 0.125. The minimum atomic E-state index is 0.749. The maximum atomic E-state index is 5.20. The summed E-state index contributed by atoms with van der Waals surface area (Å²) in [6, 6.07) is 4.49. The first-order valence-electron chi connectivity index (χ1n) is 3.33. The standard InChI is InChI=1S/C8H7N3/c1-2-11-5-7-3-4-9-8(7)10-6-11/h1,3-4,6,9H,5H2. The van der Waals surface area contributed by atoms with Crippen LogP contribution < -0.4 is 0 Å². The van der Waals surface area contributed by atoms with Gasteiger partial charge in [0.1, 0.15) is 12.2 Å². The van der Waals surface area contributed by atoms with E-state index in [4.69, 9.17) is 6.42 Å². The van der Waals surface area contributed by atoms with Crippen LogP contribution in [0.25, 0.3) is 0 Å². The second-order valence-corrected chi connectivity index (χ2v) is 2.35. The first-order chi connectivity index (χ1) is 5.40. The molecule has 0 radical (unpaired) electrons. The van der Waals surface area contributed by atoms with Crippen LogP contribution in [0.5, 0.6) is 0 Å². The van der Waals surface area contributed by atoms with Crippen molar-refractivity contribution in [1.29, 1.82) is 0 Å². The van der Waals surface area contributed by atoms with E-state index < -0.39 is 0 Å². The van der Waals surface area contributed by atoms with Gasteiger partial charge < -0.3 is 4.98 Å². The van der Waals surface area contributed by atoms with Crippen LogP contribution in [0.3, 0.4) is 0 Å². The van der Waals surface area contributed by atoms with Crippen molar-refractivity contribution in [2.75, 3.05) is 0 Å². The van der Waals surface area contributed by atoms with Crippen LogP contribution in [0, 0.1) is 12.5 Å². The monoisotopic (exact) mass is 145 g/mol. The lowest BCUT2D eigenvalue weighted by atomic mass is 10.3. The van der Waals surface area contributed by atoms with E-state index in [-0.39, 0.29) is 0 Å². The fourth-order valence-corrected chi connectivity index (χ4v) is 1.07. The lowest BCUT2D eigenvalue weighted by Gasteiger charge is -2.14. The average Bonchev–Trinajstić information content (AvgIpc) is 2.50. The van der Waals surface area contributed by atoms with Crippen LogP contribution in [-0.4, -0.2) is 16.2 Å². The molecule has 3 nitrogen and oxygen atoms in total. The predicted octanol–water partition coefficient (Wildman–Crippen LogP) is 1.08. The molecule has 0 fully saturated rings. The summed E-state index contributed by atoms with van der Waals surface area (Å²) in [5.41, 5.74) is 1.14. The number of aromatic nitrogens is 1. The quantitative estimate of drug-likeness (QED) is 0.544. The summed E-state index contributed by atoms with van der Waals surface area (Å²) in [5, 5.41) is 0. The summed E-state index contributed by atoms with van der Waals surface area (Å²) in [6.07, 6.45) is 8.72. The van der Waals surface area contributed by atoms with Crippen molar-refractivity contribution in [3.63, 3.8) is 0 Å². The minimum absolute atomic E-state index is 0.749. The van der Waals surface area contributed by atoms with Crippen molar-refractivity contribution in [1.82, 2.24) is 9.88 Å². The highest BCUT2D eigenvalue weighted by atomic mass is 15.2. The number of H-pyrrole nitrogens is 1. The zero-order chi connectivity index (χ0) is 7.68. The second-order valence-electron chi connectivity index (χ2n) is 2.35. The molecule has 0 saturated carbocycles. The van der Waals surface area contributed by atoms with Gasteiger partial charge >= 0.3 is 0 Å². The molecule has 0 aromatic carbocycles. The van der Waals surface area contributed by atoms with Gasteiger partial charge in [-0.15, -0.1) is 0 Å². The van der Waals surface area contributed by atoms with Gasteiger partial charge in [0, 0.05) is 17.8 Å². The first-order valence-corrected chi connectivity index (χ1v) is 3.33. The molecule has 1 aliphatic rings. The normalized spacial score (nSPS) is 14.3. The molecule has 2 heterocycles. The summed E-state index contributed by atoms with van der Waals surface area (Å²) in [5.74, 6) is 0.913. The topological polar surface area (TPSA) is 31.4 Å². The van der Waals surface area contributed by atoms with E-state index in [1.54, 1.807) is 11.2 Å². The Kier molecular flexibility index (Phi) is 1.19. The van der Waals surface area contributed by atoms with E-state index in [9.17, 15) is 0 Å². The number of terminal acetylenes is 1. The third kappa shape index (κ3) is 0.887. The van der Waals surface area contributed by atoms with E-state index in [2.05, 4.69) is 16.0 Å². The summed E-state index contributed by atoms with van der Waals surface area (Å²) in [6.45, 7) is 0.749. The van der Waals surface area contributed by atoms with E-state index in [1.807, 2.05) is 12.3 Å². The Labute approximate surface area is 64.7 Å². The number of nitrogens with one attached hydrogen (secondary N) is 1. The molecule has 54 valence electrons. The average molecular weight is 145 g/mol. The van der Waals surface area contributed by atoms with E-state index in [1.165, 1.54) is 0 Å². The number of hydrogen-bond acceptors (Lipinski definition) is 2. The van der Waals surface area contributed by atoms with Gasteiger partial charge in [0.05, 0.1) is 6.54 Å². The molecule has 11 heavy (non-hydrogen) atoms. The molecule has 1 aromatic rings. The van der Waals surface area contributed by atoms with Crippen LogP contribution >= 0.6 is 0 Å². The Hall–Kier alpha value is -1.69. The van der Waals surface area contributed by atoms with Gasteiger partial charge in [-0.05, 0) is 6.07 Å². The largest absolute Gasteiger partial charge is 0.346 e. The Bertz CT molecular complexity index is 329. The van der Waals surface area contributed by atoms with Crippen molar-refractivity contribution in [2.45, 2.75) is 6.54 Å². The Morgan fingerprint density at radius 3 is 3.45 bits per heavy atom. The molecule has 1 N–H and O–H groups in total. The van der Waals surface area contributed by atoms with Crippen LogP contribution in [0.4, 0.5) is 5.82 Å². The number of fused-ring (bicyclic) bond motifs is 1. The molecule has 1 aromatic heterocycles. The number of aromatic amines is 1. The molecule has 0 atom stereocenters. The number of hydrogen-bond donors (Lipinski definition) is 1. The third-order valence-electron chi connectivity index (χ3n) is 1.64. The van der Waals surface area contributed by atoms with Gasteiger partial charge in [-0.2, -0.15) is 0 Å². The molecule has 3 heteroatoms. The van der Waals surface area contributed by atoms with E-state index >= 15 is 0 Å². The molecule has 0 saturated heterocycles. The zero-order valence-corrected chi connectivity index (χ0v) is 5.91. The van der Waals surface area contributed by atoms with Crippen molar-refractivity contribution >= 4 is 12.2 Å². The van der Waals surface area contributed by atoms with Crippen LogP contribution in [-0.2, 0) is 6.54 Å². The molecular weight excluding hydrogens is 138 g/mol. The maximum Gasteiger partial charge on any atom is 0.136 e. The Balaban J connectivity index is 2.37. The lowest BCUT2D eigenvalue weighted by Crippen LogP contribution is -2.17. The summed E-state index contributed by atoms with van der Waals surface area (Å²) in [7, 11) is 0. The predicted molar refractivity (Wildman–Crippen MR) is 43.3 cm³/mol. The maximum absolute atomic E-state index is 5.20. The highest BCUT2D eigenvalue weighted by molar-refractivity contribution is 5.66. The van der Waals surface area contributed by atoms with Crippen molar-refractivity contribution in [3.05, 3.63) is 17.8 Å². The molecular formula is C8H7N3. The molecule has 1 aliphatic heterocycles. The number of aliphatic imine (C=N–C) groups is 1. The number of rotatable bonds is 0. The number of nitrogens with zero attached hydrogens (tertiary/aromatic N) is 2. The van der Waals surface area contributed by atoms with Gasteiger partial charge in [0.25, 0.3) is 0 Å². The fourth-order valence-electron chi connectivity index (χ4n) is 1.07. The Morgan fingerprint density at radius 1 is 1.73 bits per heavy atom. The highest BCUT2D eigenvalue weighted by Gasteiger charge is 2.09. The molecule has 2 rings (SSSR count). The molecule has 0 unspecified atom stereocenters. The van der Waals surface area contributed by atoms with Crippen LogP contribution in [0.1, 0.15) is 5.56 Å². The van der Waals surface area contributed by atoms with Crippen molar-refractivity contribution < 1.29 is 0 Å². The third-order valence-corrected chi connectivity index (χ3v) is 1.64. The van der Waals surface area contributed by atoms with Gasteiger partial charge in [-0.25, -0.2) is 4.99 Å². The van der Waals surface area contributed by atoms with Crippen molar-refractivity contribution in [2.24, 2.45) is 4.99 Å². The van der Waals surface area contributed by atoms with Gasteiger partial charge in [-0.3, -0.25) is 4.90 Å². The minimum Gasteiger partial charge on any atom is -0.346 e.